The van der Waals surface area contributed by atoms with E-state index in [4.69, 9.17) is 9.73 Å². The lowest BCUT2D eigenvalue weighted by atomic mass is 10.0. The Kier molecular flexibility index (Phi) is 6.70. The highest BCUT2D eigenvalue weighted by atomic mass is 32.1. The maximum Gasteiger partial charge on any atom is 0.193 e. The van der Waals surface area contributed by atoms with Gasteiger partial charge in [0.2, 0.25) is 0 Å². The minimum atomic E-state index is 0.402. The quantitative estimate of drug-likeness (QED) is 0.430. The molecule has 0 bridgehead atoms. The van der Waals surface area contributed by atoms with Crippen molar-refractivity contribution in [3.63, 3.8) is 0 Å². The van der Waals surface area contributed by atoms with E-state index < -0.39 is 0 Å². The summed E-state index contributed by atoms with van der Waals surface area (Å²) in [4.78, 5) is 7.10. The van der Waals surface area contributed by atoms with E-state index in [-0.39, 0.29) is 0 Å². The van der Waals surface area contributed by atoms with Crippen LogP contribution in [0.4, 0.5) is 0 Å². The molecule has 1 N–H and O–H groups in total. The van der Waals surface area contributed by atoms with E-state index in [0.717, 1.165) is 45.2 Å². The number of rotatable bonds is 9. The molecule has 0 atom stereocenters. The van der Waals surface area contributed by atoms with Crippen LogP contribution in [0, 0.1) is 5.41 Å². The zero-order valence-corrected chi connectivity index (χ0v) is 14.9. The number of nitrogens with zero attached hydrogens (tertiary/aromatic N) is 2. The molecule has 0 aromatic carbocycles. The first kappa shape index (κ1) is 17.3. The summed E-state index contributed by atoms with van der Waals surface area (Å²) in [6.07, 6.45) is 3.71. The molecule has 0 amide bonds. The van der Waals surface area contributed by atoms with Gasteiger partial charge in [0.1, 0.15) is 0 Å². The summed E-state index contributed by atoms with van der Waals surface area (Å²) in [5.74, 6) is 1.01. The first-order valence-corrected chi connectivity index (χ1v) is 9.21. The summed E-state index contributed by atoms with van der Waals surface area (Å²) in [6, 6.07) is 2.18. The Morgan fingerprint density at radius 3 is 2.86 bits per heavy atom. The molecule has 1 fully saturated rings. The summed E-state index contributed by atoms with van der Waals surface area (Å²) < 4.78 is 5.51. The zero-order chi connectivity index (χ0) is 15.8. The van der Waals surface area contributed by atoms with E-state index in [0.29, 0.717) is 5.41 Å². The van der Waals surface area contributed by atoms with Crippen LogP contribution in [0.15, 0.2) is 21.8 Å². The molecule has 1 aromatic heterocycles. The van der Waals surface area contributed by atoms with E-state index >= 15 is 0 Å². The topological polar surface area (TPSA) is 36.9 Å². The molecule has 0 unspecified atom stereocenters. The van der Waals surface area contributed by atoms with Crippen molar-refractivity contribution in [2.24, 2.45) is 10.4 Å². The number of guanidine groups is 1. The maximum atomic E-state index is 5.51. The van der Waals surface area contributed by atoms with Crippen molar-refractivity contribution in [2.45, 2.75) is 39.7 Å². The monoisotopic (exact) mass is 323 g/mol. The standard InChI is InChI=1S/C17H29N3OS/c1-4-18-16(20(3)12-15-6-11-22-13-15)19-14-17(7-8-17)9-10-21-5-2/h6,11,13H,4-5,7-10,12,14H2,1-3H3,(H,18,19). The van der Waals surface area contributed by atoms with Crippen LogP contribution in [0.2, 0.25) is 0 Å². The lowest BCUT2D eigenvalue weighted by molar-refractivity contribution is 0.129. The predicted molar refractivity (Wildman–Crippen MR) is 94.5 cm³/mol. The van der Waals surface area contributed by atoms with Crippen LogP contribution < -0.4 is 5.32 Å². The van der Waals surface area contributed by atoms with Crippen LogP contribution in [0.3, 0.4) is 0 Å². The van der Waals surface area contributed by atoms with Crippen molar-refractivity contribution in [2.75, 3.05) is 33.4 Å². The molecule has 5 heteroatoms. The molecule has 1 aliphatic rings. The van der Waals surface area contributed by atoms with E-state index in [9.17, 15) is 0 Å². The minimum absolute atomic E-state index is 0.402. The Hall–Kier alpha value is -1.07. The zero-order valence-electron chi connectivity index (χ0n) is 14.1. The molecule has 0 spiro atoms. The molecule has 124 valence electrons. The van der Waals surface area contributed by atoms with Crippen LogP contribution in [0.5, 0.6) is 0 Å². The number of hydrogen-bond donors (Lipinski definition) is 1. The van der Waals surface area contributed by atoms with Gasteiger partial charge in [-0.05, 0) is 60.9 Å². The second-order valence-electron chi connectivity index (χ2n) is 6.10. The molecule has 0 radical (unpaired) electrons. The fourth-order valence-electron chi connectivity index (χ4n) is 2.54. The van der Waals surface area contributed by atoms with Crippen molar-refractivity contribution in [1.29, 1.82) is 0 Å². The van der Waals surface area contributed by atoms with E-state index in [1.165, 1.54) is 18.4 Å². The third kappa shape index (κ3) is 5.29. The Labute approximate surface area is 138 Å². The van der Waals surface area contributed by atoms with Gasteiger partial charge >= 0.3 is 0 Å². The van der Waals surface area contributed by atoms with Gasteiger partial charge in [0.05, 0.1) is 0 Å². The van der Waals surface area contributed by atoms with Gasteiger partial charge in [-0.1, -0.05) is 0 Å². The average Bonchev–Trinajstić information content (AvgIpc) is 3.09. The third-order valence-electron chi connectivity index (χ3n) is 4.20. The molecule has 1 aliphatic carbocycles. The van der Waals surface area contributed by atoms with E-state index in [2.05, 4.69) is 47.9 Å². The van der Waals surface area contributed by atoms with Gasteiger partial charge in [-0.25, -0.2) is 0 Å². The fourth-order valence-corrected chi connectivity index (χ4v) is 3.20. The molecule has 2 rings (SSSR count). The maximum absolute atomic E-state index is 5.51. The van der Waals surface area contributed by atoms with Crippen molar-refractivity contribution >= 4 is 17.3 Å². The van der Waals surface area contributed by atoms with Gasteiger partial charge in [0.25, 0.3) is 0 Å². The normalized spacial score (nSPS) is 16.6. The number of aliphatic imine (C=N–C) groups is 1. The second kappa shape index (κ2) is 8.53. The molecular weight excluding hydrogens is 294 g/mol. The molecule has 1 aromatic rings. The SMILES string of the molecule is CCNC(=NCC1(CCOCC)CC1)N(C)Cc1ccsc1. The molecular formula is C17H29N3OS. The minimum Gasteiger partial charge on any atom is -0.382 e. The summed E-state index contributed by atoms with van der Waals surface area (Å²) in [5, 5.41) is 7.73. The van der Waals surface area contributed by atoms with Crippen LogP contribution in [-0.4, -0.2) is 44.2 Å². The van der Waals surface area contributed by atoms with Crippen molar-refractivity contribution in [1.82, 2.24) is 10.2 Å². The van der Waals surface area contributed by atoms with Gasteiger partial charge in [-0.3, -0.25) is 4.99 Å². The molecule has 1 heterocycles. The summed E-state index contributed by atoms with van der Waals surface area (Å²) >= 11 is 1.74. The van der Waals surface area contributed by atoms with Gasteiger partial charge in [-0.15, -0.1) is 0 Å². The van der Waals surface area contributed by atoms with Crippen molar-refractivity contribution in [3.8, 4) is 0 Å². The number of hydrogen-bond acceptors (Lipinski definition) is 3. The largest absolute Gasteiger partial charge is 0.382 e. The Morgan fingerprint density at radius 1 is 1.45 bits per heavy atom. The Balaban J connectivity index is 1.89. The highest BCUT2D eigenvalue weighted by Gasteiger charge is 2.42. The molecule has 22 heavy (non-hydrogen) atoms. The average molecular weight is 324 g/mol. The van der Waals surface area contributed by atoms with Gasteiger partial charge in [0.15, 0.2) is 5.96 Å². The predicted octanol–water partition coefficient (Wildman–Crippen LogP) is 3.35. The lowest BCUT2D eigenvalue weighted by Gasteiger charge is -2.22. The summed E-state index contributed by atoms with van der Waals surface area (Å²) in [6.45, 7) is 8.57. The highest BCUT2D eigenvalue weighted by molar-refractivity contribution is 7.07. The van der Waals surface area contributed by atoms with Crippen molar-refractivity contribution < 1.29 is 4.74 Å². The van der Waals surface area contributed by atoms with Crippen LogP contribution in [0.1, 0.15) is 38.7 Å². The second-order valence-corrected chi connectivity index (χ2v) is 6.88. The smallest absolute Gasteiger partial charge is 0.193 e. The summed E-state index contributed by atoms with van der Waals surface area (Å²) in [5.41, 5.74) is 1.74. The fraction of sp³-hybridized carbons (Fsp3) is 0.706. The first-order chi connectivity index (χ1) is 10.7. The highest BCUT2D eigenvalue weighted by Crippen LogP contribution is 2.49. The van der Waals surface area contributed by atoms with E-state index in [1.54, 1.807) is 11.3 Å². The van der Waals surface area contributed by atoms with E-state index in [1.807, 2.05) is 0 Å². The molecule has 1 saturated carbocycles. The van der Waals surface area contributed by atoms with Crippen LogP contribution >= 0.6 is 11.3 Å². The lowest BCUT2D eigenvalue weighted by Crippen LogP contribution is -2.38. The molecule has 4 nitrogen and oxygen atoms in total. The van der Waals surface area contributed by atoms with Gasteiger partial charge in [-0.2, -0.15) is 11.3 Å². The van der Waals surface area contributed by atoms with Crippen LogP contribution in [-0.2, 0) is 11.3 Å². The molecule has 0 aliphatic heterocycles. The van der Waals surface area contributed by atoms with Gasteiger partial charge in [0, 0.05) is 39.9 Å². The number of ether oxygens (including phenoxy) is 1. The first-order valence-electron chi connectivity index (χ1n) is 8.27. The number of nitrogens with one attached hydrogen (secondary N) is 1. The Bertz CT molecular complexity index is 454. The van der Waals surface area contributed by atoms with Crippen LogP contribution in [0.25, 0.3) is 0 Å². The van der Waals surface area contributed by atoms with Crippen molar-refractivity contribution in [3.05, 3.63) is 22.4 Å². The third-order valence-corrected chi connectivity index (χ3v) is 4.93. The van der Waals surface area contributed by atoms with Gasteiger partial charge < -0.3 is 15.0 Å². The number of thiophene rings is 1. The Morgan fingerprint density at radius 2 is 2.27 bits per heavy atom. The molecule has 0 saturated heterocycles. The summed E-state index contributed by atoms with van der Waals surface area (Å²) in [7, 11) is 2.11.